The predicted molar refractivity (Wildman–Crippen MR) is 86.0 cm³/mol. The fraction of sp³-hybridized carbons (Fsp3) is 0.706. The Kier molecular flexibility index (Phi) is 3.96. The van der Waals surface area contributed by atoms with E-state index in [0.717, 1.165) is 12.8 Å². The van der Waals surface area contributed by atoms with Gasteiger partial charge in [0.1, 0.15) is 0 Å². The Morgan fingerprint density at radius 2 is 2.14 bits per heavy atom. The van der Waals surface area contributed by atoms with Crippen LogP contribution in [0.4, 0.5) is 0 Å². The van der Waals surface area contributed by atoms with E-state index in [0.29, 0.717) is 6.54 Å². The molecule has 1 aliphatic rings. The lowest BCUT2D eigenvalue weighted by Crippen LogP contribution is -2.39. The topological polar surface area (TPSA) is 60.0 Å². The molecule has 3 N–H and O–H groups in total. The second-order valence-electron chi connectivity index (χ2n) is 7.89. The van der Waals surface area contributed by atoms with Gasteiger partial charge in [-0.05, 0) is 50.7 Å². The van der Waals surface area contributed by atoms with Gasteiger partial charge in [-0.3, -0.25) is 4.79 Å². The van der Waals surface area contributed by atoms with Crippen molar-refractivity contribution >= 4 is 5.91 Å². The molecule has 0 spiro atoms. The molecule has 0 saturated carbocycles. The summed E-state index contributed by atoms with van der Waals surface area (Å²) in [6.07, 6.45) is 2.04. The first kappa shape index (κ1) is 16.1. The maximum Gasteiger partial charge on any atom is 0.227 e. The molecule has 0 radical (unpaired) electrons. The van der Waals surface area contributed by atoms with Crippen molar-refractivity contribution in [2.75, 3.05) is 7.05 Å². The number of nitrogens with one attached hydrogen (secondary N) is 1. The van der Waals surface area contributed by atoms with E-state index >= 15 is 0 Å². The summed E-state index contributed by atoms with van der Waals surface area (Å²) < 4.78 is 2.30. The van der Waals surface area contributed by atoms with Crippen LogP contribution in [0.3, 0.4) is 0 Å². The second kappa shape index (κ2) is 5.16. The van der Waals surface area contributed by atoms with Gasteiger partial charge in [0.2, 0.25) is 5.91 Å². The molecule has 118 valence electrons. The number of rotatable bonds is 3. The molecule has 0 bridgehead atoms. The van der Waals surface area contributed by atoms with Crippen LogP contribution in [0.5, 0.6) is 0 Å². The summed E-state index contributed by atoms with van der Waals surface area (Å²) in [6.45, 7) is 11.3. The zero-order valence-electron chi connectivity index (χ0n) is 14.2. The average molecular weight is 291 g/mol. The van der Waals surface area contributed by atoms with Gasteiger partial charge in [0, 0.05) is 31.0 Å². The molecular weight excluding hydrogens is 262 g/mol. The van der Waals surface area contributed by atoms with Gasteiger partial charge in [-0.15, -0.1) is 0 Å². The van der Waals surface area contributed by atoms with Gasteiger partial charge in [-0.2, -0.15) is 0 Å². The Balaban J connectivity index is 2.41. The van der Waals surface area contributed by atoms with Crippen molar-refractivity contribution < 1.29 is 4.79 Å². The van der Waals surface area contributed by atoms with Crippen LogP contribution in [-0.4, -0.2) is 17.5 Å². The second-order valence-corrected chi connectivity index (χ2v) is 7.89. The van der Waals surface area contributed by atoms with Crippen LogP contribution in [-0.2, 0) is 17.8 Å². The Bertz CT molecular complexity index is 555. The summed E-state index contributed by atoms with van der Waals surface area (Å²) in [6, 6.07) is 2.31. The zero-order valence-corrected chi connectivity index (χ0v) is 14.2. The summed E-state index contributed by atoms with van der Waals surface area (Å²) in [4.78, 5) is 12.1. The van der Waals surface area contributed by atoms with E-state index in [1.165, 1.54) is 17.0 Å². The monoisotopic (exact) mass is 291 g/mol. The van der Waals surface area contributed by atoms with Crippen molar-refractivity contribution in [3.05, 3.63) is 23.0 Å². The fourth-order valence-electron chi connectivity index (χ4n) is 3.53. The molecule has 1 atom stereocenters. The van der Waals surface area contributed by atoms with Gasteiger partial charge in [-0.25, -0.2) is 0 Å². The van der Waals surface area contributed by atoms with Crippen LogP contribution in [0, 0.1) is 17.8 Å². The van der Waals surface area contributed by atoms with Crippen molar-refractivity contribution in [1.82, 2.24) is 9.88 Å². The van der Waals surface area contributed by atoms with E-state index in [9.17, 15) is 4.79 Å². The van der Waals surface area contributed by atoms with Crippen molar-refractivity contribution in [2.24, 2.45) is 16.6 Å². The van der Waals surface area contributed by atoms with E-state index < -0.39 is 5.41 Å². The molecule has 2 rings (SSSR count). The summed E-state index contributed by atoms with van der Waals surface area (Å²) in [5, 5.41) is 2.77. The Morgan fingerprint density at radius 1 is 1.52 bits per heavy atom. The quantitative estimate of drug-likeness (QED) is 0.899. The van der Waals surface area contributed by atoms with E-state index in [4.69, 9.17) is 5.73 Å². The maximum absolute atomic E-state index is 12.1. The molecule has 1 unspecified atom stereocenters. The lowest BCUT2D eigenvalue weighted by molar-refractivity contribution is -0.129. The molecule has 1 aromatic heterocycles. The highest BCUT2D eigenvalue weighted by Gasteiger charge is 2.35. The van der Waals surface area contributed by atoms with Crippen LogP contribution in [0.1, 0.15) is 57.1 Å². The number of aromatic nitrogens is 1. The number of hydrogen-bond acceptors (Lipinski definition) is 2. The largest absolute Gasteiger partial charge is 0.359 e. The number of aryl methyl sites for hydroxylation is 1. The van der Waals surface area contributed by atoms with E-state index in [2.05, 4.69) is 36.7 Å². The third-order valence-electron chi connectivity index (χ3n) is 4.66. The van der Waals surface area contributed by atoms with Gasteiger partial charge in [0.15, 0.2) is 0 Å². The SMILES string of the molecule is CNC(=O)C(C)(C)Cn1c(C)cc2c1CC(C)(C)CC2N. The summed E-state index contributed by atoms with van der Waals surface area (Å²) in [5.74, 6) is 0.0729. The number of hydrogen-bond donors (Lipinski definition) is 2. The molecule has 4 heteroatoms. The minimum atomic E-state index is -0.433. The van der Waals surface area contributed by atoms with Gasteiger partial charge in [-0.1, -0.05) is 13.8 Å². The highest BCUT2D eigenvalue weighted by atomic mass is 16.2. The van der Waals surface area contributed by atoms with Crippen molar-refractivity contribution in [2.45, 2.75) is 60.0 Å². The lowest BCUT2D eigenvalue weighted by atomic mass is 9.74. The van der Waals surface area contributed by atoms with Crippen LogP contribution < -0.4 is 11.1 Å². The average Bonchev–Trinajstić information content (AvgIpc) is 2.64. The van der Waals surface area contributed by atoms with Crippen LogP contribution >= 0.6 is 0 Å². The smallest absolute Gasteiger partial charge is 0.227 e. The molecule has 0 fully saturated rings. The molecule has 1 aliphatic carbocycles. The number of nitrogens with two attached hydrogens (primary N) is 1. The molecule has 1 aromatic rings. The molecule has 0 aliphatic heterocycles. The Morgan fingerprint density at radius 3 is 2.71 bits per heavy atom. The number of carbonyl (C=O) groups is 1. The first-order valence-electron chi connectivity index (χ1n) is 7.74. The van der Waals surface area contributed by atoms with Crippen molar-refractivity contribution in [3.63, 3.8) is 0 Å². The van der Waals surface area contributed by atoms with E-state index in [-0.39, 0.29) is 17.4 Å². The minimum absolute atomic E-state index is 0.0729. The van der Waals surface area contributed by atoms with Crippen molar-refractivity contribution in [3.8, 4) is 0 Å². The predicted octanol–water partition coefficient (Wildman–Crippen LogP) is 2.54. The van der Waals surface area contributed by atoms with Gasteiger partial charge in [0.25, 0.3) is 0 Å². The summed E-state index contributed by atoms with van der Waals surface area (Å²) in [5.41, 5.74) is 9.92. The Hall–Kier alpha value is -1.29. The highest BCUT2D eigenvalue weighted by Crippen LogP contribution is 2.41. The van der Waals surface area contributed by atoms with Crippen molar-refractivity contribution in [1.29, 1.82) is 0 Å². The first-order valence-corrected chi connectivity index (χ1v) is 7.74. The van der Waals surface area contributed by atoms with E-state index in [1.54, 1.807) is 7.05 Å². The maximum atomic E-state index is 12.1. The molecule has 0 aromatic carbocycles. The number of nitrogens with zero attached hydrogens (tertiary/aromatic N) is 1. The number of amides is 1. The van der Waals surface area contributed by atoms with Crippen LogP contribution in [0.2, 0.25) is 0 Å². The van der Waals surface area contributed by atoms with Gasteiger partial charge in [0.05, 0.1) is 5.41 Å². The lowest BCUT2D eigenvalue weighted by Gasteiger charge is -2.35. The minimum Gasteiger partial charge on any atom is -0.359 e. The molecule has 0 saturated heterocycles. The van der Waals surface area contributed by atoms with E-state index in [1.807, 2.05) is 13.8 Å². The molecule has 21 heavy (non-hydrogen) atoms. The standard InChI is InChI=1S/C17H29N3O/c1-11-7-12-13(18)8-16(2,3)9-14(12)20(11)10-17(4,5)15(21)19-6/h7,13H,8-10,18H2,1-6H3,(H,19,21). The highest BCUT2D eigenvalue weighted by molar-refractivity contribution is 5.81. The van der Waals surface area contributed by atoms with Gasteiger partial charge < -0.3 is 15.6 Å². The zero-order chi connectivity index (χ0) is 16.0. The summed E-state index contributed by atoms with van der Waals surface area (Å²) >= 11 is 0. The third-order valence-corrected chi connectivity index (χ3v) is 4.66. The fourth-order valence-corrected chi connectivity index (χ4v) is 3.53. The molecule has 4 nitrogen and oxygen atoms in total. The van der Waals surface area contributed by atoms with Crippen LogP contribution in [0.15, 0.2) is 6.07 Å². The summed E-state index contributed by atoms with van der Waals surface area (Å²) in [7, 11) is 1.70. The number of carbonyl (C=O) groups excluding carboxylic acids is 1. The molecule has 1 heterocycles. The molecule has 1 amide bonds. The van der Waals surface area contributed by atoms with Crippen LogP contribution in [0.25, 0.3) is 0 Å². The third kappa shape index (κ3) is 3.00. The number of fused-ring (bicyclic) bond motifs is 1. The normalized spacial score (nSPS) is 21.0. The van der Waals surface area contributed by atoms with Gasteiger partial charge >= 0.3 is 0 Å². The first-order chi connectivity index (χ1) is 9.57. The molecular formula is C17H29N3O. The Labute approximate surface area is 128 Å².